The lowest BCUT2D eigenvalue weighted by atomic mass is 9.89. The number of carbonyl (C=O) groups excluding carboxylic acids is 4. The SMILES string of the molecule is CNC1CCCCC1N(C)c1cc2c(cc1F)C(=O)N(C1CCC(=O)NC1=O)C2=O. The van der Waals surface area contributed by atoms with Gasteiger partial charge in [-0.15, -0.1) is 0 Å². The lowest BCUT2D eigenvalue weighted by Gasteiger charge is -2.39. The summed E-state index contributed by atoms with van der Waals surface area (Å²) in [5.41, 5.74) is 0.296. The van der Waals surface area contributed by atoms with Gasteiger partial charge in [0.15, 0.2) is 0 Å². The zero-order valence-electron chi connectivity index (χ0n) is 17.0. The predicted molar refractivity (Wildman–Crippen MR) is 107 cm³/mol. The first kappa shape index (κ1) is 20.5. The molecule has 0 spiro atoms. The molecule has 2 aliphatic heterocycles. The van der Waals surface area contributed by atoms with Gasteiger partial charge < -0.3 is 10.2 Å². The van der Waals surface area contributed by atoms with Crippen molar-refractivity contribution in [2.75, 3.05) is 19.0 Å². The van der Waals surface area contributed by atoms with Gasteiger partial charge in [-0.25, -0.2) is 4.39 Å². The summed E-state index contributed by atoms with van der Waals surface area (Å²) in [6, 6.07) is 1.71. The highest BCUT2D eigenvalue weighted by atomic mass is 19.1. The normalized spacial score (nSPS) is 26.6. The minimum absolute atomic E-state index is 0.0409. The number of imide groups is 2. The molecule has 1 saturated heterocycles. The van der Waals surface area contributed by atoms with Crippen LogP contribution in [0.2, 0.25) is 0 Å². The highest BCUT2D eigenvalue weighted by Crippen LogP contribution is 2.34. The molecule has 1 aliphatic carbocycles. The van der Waals surface area contributed by atoms with Crippen LogP contribution < -0.4 is 15.5 Å². The molecule has 2 N–H and O–H groups in total. The predicted octanol–water partition coefficient (Wildman–Crippen LogP) is 1.19. The van der Waals surface area contributed by atoms with Crippen LogP contribution in [0.4, 0.5) is 10.1 Å². The summed E-state index contributed by atoms with van der Waals surface area (Å²) in [4.78, 5) is 52.1. The fraction of sp³-hybridized carbons (Fsp3) is 0.524. The number of carbonyl (C=O) groups is 4. The first-order chi connectivity index (χ1) is 14.3. The fourth-order valence-corrected chi connectivity index (χ4v) is 4.84. The van der Waals surface area contributed by atoms with Crippen LogP contribution in [0.5, 0.6) is 0 Å². The lowest BCUT2D eigenvalue weighted by Crippen LogP contribution is -2.54. The molecule has 1 saturated carbocycles. The van der Waals surface area contributed by atoms with Crippen molar-refractivity contribution in [2.45, 2.75) is 56.7 Å². The molecule has 0 radical (unpaired) electrons. The summed E-state index contributed by atoms with van der Waals surface area (Å²) in [5.74, 6) is -3.04. The Labute approximate surface area is 173 Å². The van der Waals surface area contributed by atoms with Gasteiger partial charge in [-0.2, -0.15) is 0 Å². The monoisotopic (exact) mass is 416 g/mol. The van der Waals surface area contributed by atoms with Gasteiger partial charge in [0.25, 0.3) is 11.8 Å². The second-order valence-electron chi connectivity index (χ2n) is 8.15. The Morgan fingerprint density at radius 3 is 2.40 bits per heavy atom. The number of halogens is 1. The number of piperidine rings is 1. The molecule has 3 unspecified atom stereocenters. The van der Waals surface area contributed by atoms with Crippen LogP contribution in [-0.2, 0) is 9.59 Å². The van der Waals surface area contributed by atoms with Gasteiger partial charge in [0, 0.05) is 25.6 Å². The maximum Gasteiger partial charge on any atom is 0.262 e. The second-order valence-corrected chi connectivity index (χ2v) is 8.15. The molecule has 4 rings (SSSR count). The Morgan fingerprint density at radius 2 is 1.73 bits per heavy atom. The van der Waals surface area contributed by atoms with Crippen LogP contribution in [0.25, 0.3) is 0 Å². The van der Waals surface area contributed by atoms with Crippen LogP contribution in [0.15, 0.2) is 12.1 Å². The van der Waals surface area contributed by atoms with E-state index in [1.807, 2.05) is 11.9 Å². The standard InChI is InChI=1S/C21H25FN4O4/c1-23-14-5-3-4-6-15(14)25(2)17-10-12-11(9-13(17)22)20(29)26(21(12)30)16-7-8-18(27)24-19(16)28/h9-10,14-16,23H,3-8H2,1-2H3,(H,24,27,28). The van der Waals surface area contributed by atoms with Crippen molar-refractivity contribution in [1.29, 1.82) is 0 Å². The van der Waals surface area contributed by atoms with E-state index in [4.69, 9.17) is 0 Å². The van der Waals surface area contributed by atoms with Gasteiger partial charge in [-0.1, -0.05) is 12.8 Å². The maximum atomic E-state index is 15.0. The molecule has 30 heavy (non-hydrogen) atoms. The summed E-state index contributed by atoms with van der Waals surface area (Å²) < 4.78 is 15.0. The van der Waals surface area contributed by atoms with Crippen LogP contribution in [0.1, 0.15) is 59.2 Å². The Bertz CT molecular complexity index is 934. The largest absolute Gasteiger partial charge is 0.368 e. The van der Waals surface area contributed by atoms with Crippen molar-refractivity contribution in [2.24, 2.45) is 0 Å². The number of anilines is 1. The van der Waals surface area contributed by atoms with E-state index in [1.165, 1.54) is 6.07 Å². The van der Waals surface area contributed by atoms with E-state index in [9.17, 15) is 19.2 Å². The van der Waals surface area contributed by atoms with E-state index in [0.717, 1.165) is 36.6 Å². The third-order valence-corrected chi connectivity index (χ3v) is 6.48. The molecule has 3 atom stereocenters. The van der Waals surface area contributed by atoms with E-state index < -0.39 is 35.5 Å². The van der Waals surface area contributed by atoms with Gasteiger partial charge in [-0.3, -0.25) is 29.4 Å². The topological polar surface area (TPSA) is 98.8 Å². The minimum Gasteiger partial charge on any atom is -0.368 e. The average Bonchev–Trinajstić information content (AvgIpc) is 2.96. The van der Waals surface area contributed by atoms with Gasteiger partial charge in [0.05, 0.1) is 16.8 Å². The van der Waals surface area contributed by atoms with Crippen LogP contribution in [-0.4, -0.2) is 60.7 Å². The van der Waals surface area contributed by atoms with Gasteiger partial charge in [0.1, 0.15) is 11.9 Å². The number of benzene rings is 1. The van der Waals surface area contributed by atoms with Crippen molar-refractivity contribution in [3.05, 3.63) is 29.1 Å². The molecule has 0 bridgehead atoms. The Balaban J connectivity index is 1.65. The van der Waals surface area contributed by atoms with Crippen molar-refractivity contribution in [3.63, 3.8) is 0 Å². The molecular formula is C21H25FN4O4. The molecule has 1 aromatic carbocycles. The zero-order chi connectivity index (χ0) is 21.6. The number of hydrogen-bond donors (Lipinski definition) is 2. The quantitative estimate of drug-likeness (QED) is 0.716. The number of nitrogens with one attached hydrogen (secondary N) is 2. The molecule has 4 amide bonds. The number of rotatable bonds is 4. The number of fused-ring (bicyclic) bond motifs is 1. The molecule has 3 aliphatic rings. The van der Waals surface area contributed by atoms with Crippen molar-refractivity contribution < 1.29 is 23.6 Å². The molecule has 8 nitrogen and oxygen atoms in total. The number of nitrogens with zero attached hydrogens (tertiary/aromatic N) is 2. The van der Waals surface area contributed by atoms with Crippen LogP contribution >= 0.6 is 0 Å². The highest BCUT2D eigenvalue weighted by molar-refractivity contribution is 6.23. The summed E-state index contributed by atoms with van der Waals surface area (Å²) in [6.07, 6.45) is 4.14. The number of amides is 4. The molecule has 2 fully saturated rings. The zero-order valence-corrected chi connectivity index (χ0v) is 17.0. The van der Waals surface area contributed by atoms with E-state index in [-0.39, 0.29) is 41.7 Å². The summed E-state index contributed by atoms with van der Waals surface area (Å²) >= 11 is 0. The smallest absolute Gasteiger partial charge is 0.262 e. The summed E-state index contributed by atoms with van der Waals surface area (Å²) in [6.45, 7) is 0. The van der Waals surface area contributed by atoms with Gasteiger partial charge in [-0.05, 0) is 38.4 Å². The third kappa shape index (κ3) is 3.27. The first-order valence-electron chi connectivity index (χ1n) is 10.3. The Hall–Kier alpha value is -2.81. The molecule has 1 aromatic rings. The van der Waals surface area contributed by atoms with Crippen molar-refractivity contribution in [1.82, 2.24) is 15.5 Å². The van der Waals surface area contributed by atoms with E-state index in [0.29, 0.717) is 0 Å². The Kier molecular flexibility index (Phi) is 5.31. The Morgan fingerprint density at radius 1 is 1.07 bits per heavy atom. The molecular weight excluding hydrogens is 391 g/mol. The lowest BCUT2D eigenvalue weighted by molar-refractivity contribution is -0.136. The molecule has 160 valence electrons. The van der Waals surface area contributed by atoms with Crippen molar-refractivity contribution in [3.8, 4) is 0 Å². The minimum atomic E-state index is -1.06. The molecule has 9 heteroatoms. The highest BCUT2D eigenvalue weighted by Gasteiger charge is 2.45. The summed E-state index contributed by atoms with van der Waals surface area (Å²) in [7, 11) is 3.68. The van der Waals surface area contributed by atoms with E-state index >= 15 is 4.39 Å². The fourth-order valence-electron chi connectivity index (χ4n) is 4.84. The molecule has 0 aromatic heterocycles. The first-order valence-corrected chi connectivity index (χ1v) is 10.3. The average molecular weight is 416 g/mol. The van der Waals surface area contributed by atoms with Gasteiger partial charge in [0.2, 0.25) is 11.8 Å². The van der Waals surface area contributed by atoms with Crippen molar-refractivity contribution >= 4 is 29.3 Å². The maximum absolute atomic E-state index is 15.0. The second kappa shape index (κ2) is 7.79. The van der Waals surface area contributed by atoms with Crippen LogP contribution in [0.3, 0.4) is 0 Å². The number of hydrogen-bond acceptors (Lipinski definition) is 6. The molecule has 2 heterocycles. The van der Waals surface area contributed by atoms with Crippen LogP contribution in [0, 0.1) is 5.82 Å². The number of likely N-dealkylation sites (N-methyl/N-ethyl adjacent to an activating group) is 2. The van der Waals surface area contributed by atoms with E-state index in [2.05, 4.69) is 10.6 Å². The third-order valence-electron chi connectivity index (χ3n) is 6.48. The van der Waals surface area contributed by atoms with Gasteiger partial charge >= 0.3 is 0 Å². The van der Waals surface area contributed by atoms with E-state index in [1.54, 1.807) is 7.05 Å². The summed E-state index contributed by atoms with van der Waals surface area (Å²) in [5, 5.41) is 5.44.